The summed E-state index contributed by atoms with van der Waals surface area (Å²) in [5, 5.41) is 2.54. The van der Waals surface area contributed by atoms with Crippen LogP contribution >= 0.6 is 0 Å². The van der Waals surface area contributed by atoms with Crippen LogP contribution in [-0.4, -0.2) is 5.91 Å². The number of halogens is 3. The minimum absolute atomic E-state index is 0.270. The van der Waals surface area contributed by atoms with Crippen molar-refractivity contribution in [2.45, 2.75) is 25.9 Å². The molecule has 1 aliphatic rings. The SMILES string of the molecule is CC(=O)Nc1ccc(C(F)(F)F)c2c1CC2. The van der Waals surface area contributed by atoms with E-state index in [4.69, 9.17) is 0 Å². The fourth-order valence-electron chi connectivity index (χ4n) is 1.91. The zero-order valence-electron chi connectivity index (χ0n) is 8.61. The first kappa shape index (κ1) is 11.0. The van der Waals surface area contributed by atoms with Crippen LogP contribution in [0.1, 0.15) is 23.6 Å². The van der Waals surface area contributed by atoms with Gasteiger partial charge in [0.15, 0.2) is 0 Å². The Morgan fingerprint density at radius 3 is 2.31 bits per heavy atom. The Labute approximate surface area is 90.5 Å². The molecule has 1 N–H and O–H groups in total. The van der Waals surface area contributed by atoms with Crippen molar-refractivity contribution in [2.24, 2.45) is 0 Å². The molecule has 0 spiro atoms. The monoisotopic (exact) mass is 229 g/mol. The number of fused-ring (bicyclic) bond motifs is 1. The van der Waals surface area contributed by atoms with Gasteiger partial charge in [0.2, 0.25) is 5.91 Å². The van der Waals surface area contributed by atoms with E-state index in [2.05, 4.69) is 5.32 Å². The van der Waals surface area contributed by atoms with Crippen molar-refractivity contribution in [3.63, 3.8) is 0 Å². The van der Waals surface area contributed by atoms with E-state index < -0.39 is 11.7 Å². The second kappa shape index (κ2) is 3.50. The fraction of sp³-hybridized carbons (Fsp3) is 0.364. The molecule has 0 aliphatic heterocycles. The molecule has 16 heavy (non-hydrogen) atoms. The maximum Gasteiger partial charge on any atom is 0.416 e. The fourth-order valence-corrected chi connectivity index (χ4v) is 1.91. The van der Waals surface area contributed by atoms with Crippen molar-refractivity contribution in [3.8, 4) is 0 Å². The molecule has 0 saturated carbocycles. The number of nitrogens with one attached hydrogen (secondary N) is 1. The quantitative estimate of drug-likeness (QED) is 0.788. The van der Waals surface area contributed by atoms with E-state index in [1.807, 2.05) is 0 Å². The van der Waals surface area contributed by atoms with Crippen molar-refractivity contribution in [3.05, 3.63) is 28.8 Å². The van der Waals surface area contributed by atoms with Crippen molar-refractivity contribution in [2.75, 3.05) is 5.32 Å². The Bertz CT molecular complexity index is 451. The second-order valence-corrected chi connectivity index (χ2v) is 3.80. The highest BCUT2D eigenvalue weighted by Crippen LogP contribution is 2.40. The lowest BCUT2D eigenvalue weighted by Crippen LogP contribution is -2.21. The van der Waals surface area contributed by atoms with Gasteiger partial charge in [-0.25, -0.2) is 0 Å². The lowest BCUT2D eigenvalue weighted by Gasteiger charge is -2.26. The molecule has 2 rings (SSSR count). The maximum atomic E-state index is 12.6. The average Bonchev–Trinajstić information content (AvgIpc) is 2.04. The van der Waals surface area contributed by atoms with Gasteiger partial charge in [-0.2, -0.15) is 13.2 Å². The van der Waals surface area contributed by atoms with Crippen LogP contribution in [0.2, 0.25) is 0 Å². The number of carbonyl (C=O) groups excluding carboxylic acids is 1. The standard InChI is InChI=1S/C11H10F3NO/c1-6(16)15-10-5-4-9(11(12,13)14)7-2-3-8(7)10/h4-5H,2-3H2,1H3,(H,15,16). The number of benzene rings is 1. The predicted octanol–water partition coefficient (Wildman–Crippen LogP) is 2.76. The number of anilines is 1. The molecular formula is C11H10F3NO. The molecule has 2 nitrogen and oxygen atoms in total. The summed E-state index contributed by atoms with van der Waals surface area (Å²) in [5.74, 6) is -0.270. The van der Waals surface area contributed by atoms with Crippen LogP contribution in [-0.2, 0) is 23.8 Å². The van der Waals surface area contributed by atoms with Crippen LogP contribution in [0.15, 0.2) is 12.1 Å². The Kier molecular flexibility index (Phi) is 2.40. The zero-order chi connectivity index (χ0) is 11.9. The lowest BCUT2D eigenvalue weighted by molar-refractivity contribution is -0.138. The molecule has 0 aromatic heterocycles. The van der Waals surface area contributed by atoms with Gasteiger partial charge in [0.1, 0.15) is 0 Å². The van der Waals surface area contributed by atoms with E-state index in [0.29, 0.717) is 29.7 Å². The van der Waals surface area contributed by atoms with E-state index >= 15 is 0 Å². The summed E-state index contributed by atoms with van der Waals surface area (Å²) in [4.78, 5) is 10.8. The molecular weight excluding hydrogens is 219 g/mol. The van der Waals surface area contributed by atoms with Gasteiger partial charge in [-0.05, 0) is 36.1 Å². The maximum absolute atomic E-state index is 12.6. The molecule has 0 saturated heterocycles. The van der Waals surface area contributed by atoms with Gasteiger partial charge in [-0.3, -0.25) is 4.79 Å². The highest BCUT2D eigenvalue weighted by molar-refractivity contribution is 5.90. The van der Waals surface area contributed by atoms with Crippen molar-refractivity contribution in [1.82, 2.24) is 0 Å². The molecule has 5 heteroatoms. The van der Waals surface area contributed by atoms with Gasteiger partial charge in [0.25, 0.3) is 0 Å². The molecule has 0 fully saturated rings. The molecule has 0 atom stereocenters. The highest BCUT2D eigenvalue weighted by atomic mass is 19.4. The summed E-state index contributed by atoms with van der Waals surface area (Å²) in [6.07, 6.45) is -3.29. The van der Waals surface area contributed by atoms with Crippen molar-refractivity contribution in [1.29, 1.82) is 0 Å². The number of hydrogen-bond acceptors (Lipinski definition) is 1. The van der Waals surface area contributed by atoms with Crippen LogP contribution in [0.4, 0.5) is 18.9 Å². The number of carbonyl (C=O) groups is 1. The first-order valence-electron chi connectivity index (χ1n) is 4.89. The van der Waals surface area contributed by atoms with Crippen LogP contribution < -0.4 is 5.32 Å². The number of amides is 1. The minimum atomic E-state index is -4.31. The molecule has 0 unspecified atom stereocenters. The van der Waals surface area contributed by atoms with E-state index in [0.717, 1.165) is 6.07 Å². The van der Waals surface area contributed by atoms with Gasteiger partial charge >= 0.3 is 6.18 Å². The third-order valence-corrected chi connectivity index (χ3v) is 2.67. The van der Waals surface area contributed by atoms with Gasteiger partial charge in [0.05, 0.1) is 5.56 Å². The van der Waals surface area contributed by atoms with E-state index in [1.165, 1.54) is 13.0 Å². The van der Waals surface area contributed by atoms with E-state index in [-0.39, 0.29) is 5.91 Å². The Morgan fingerprint density at radius 1 is 1.25 bits per heavy atom. The zero-order valence-corrected chi connectivity index (χ0v) is 8.61. The molecule has 1 aliphatic carbocycles. The second-order valence-electron chi connectivity index (χ2n) is 3.80. The molecule has 0 bridgehead atoms. The average molecular weight is 229 g/mol. The number of hydrogen-bond donors (Lipinski definition) is 1. The Hall–Kier alpha value is -1.52. The van der Waals surface area contributed by atoms with Gasteiger partial charge in [-0.1, -0.05) is 0 Å². The lowest BCUT2D eigenvalue weighted by atomic mass is 9.83. The van der Waals surface area contributed by atoms with Gasteiger partial charge < -0.3 is 5.32 Å². The first-order valence-corrected chi connectivity index (χ1v) is 4.89. The smallest absolute Gasteiger partial charge is 0.326 e. The van der Waals surface area contributed by atoms with Gasteiger partial charge in [0, 0.05) is 12.6 Å². The van der Waals surface area contributed by atoms with E-state index in [1.54, 1.807) is 0 Å². The predicted molar refractivity (Wildman–Crippen MR) is 53.2 cm³/mol. The third kappa shape index (κ3) is 1.77. The van der Waals surface area contributed by atoms with Crippen molar-refractivity contribution >= 4 is 11.6 Å². The first-order chi connectivity index (χ1) is 7.39. The van der Waals surface area contributed by atoms with E-state index in [9.17, 15) is 18.0 Å². The Balaban J connectivity index is 2.42. The molecule has 0 heterocycles. The Morgan fingerprint density at radius 2 is 1.88 bits per heavy atom. The molecule has 86 valence electrons. The third-order valence-electron chi connectivity index (χ3n) is 2.67. The molecule has 1 aromatic rings. The normalized spacial score (nSPS) is 14.0. The molecule has 1 amide bonds. The van der Waals surface area contributed by atoms with Crippen LogP contribution in [0, 0.1) is 0 Å². The highest BCUT2D eigenvalue weighted by Gasteiger charge is 2.37. The number of rotatable bonds is 1. The summed E-state index contributed by atoms with van der Waals surface area (Å²) < 4.78 is 37.7. The minimum Gasteiger partial charge on any atom is -0.326 e. The summed E-state index contributed by atoms with van der Waals surface area (Å²) in [7, 11) is 0. The number of alkyl halides is 3. The summed E-state index contributed by atoms with van der Waals surface area (Å²) in [6, 6.07) is 2.35. The topological polar surface area (TPSA) is 29.1 Å². The summed E-state index contributed by atoms with van der Waals surface area (Å²) in [6.45, 7) is 1.34. The summed E-state index contributed by atoms with van der Waals surface area (Å²) in [5.41, 5.74) is 0.855. The van der Waals surface area contributed by atoms with Crippen LogP contribution in [0.25, 0.3) is 0 Å². The van der Waals surface area contributed by atoms with Gasteiger partial charge in [-0.15, -0.1) is 0 Å². The summed E-state index contributed by atoms with van der Waals surface area (Å²) >= 11 is 0. The van der Waals surface area contributed by atoms with Crippen LogP contribution in [0.5, 0.6) is 0 Å². The molecule has 1 aromatic carbocycles. The van der Waals surface area contributed by atoms with Crippen molar-refractivity contribution < 1.29 is 18.0 Å². The van der Waals surface area contributed by atoms with Crippen LogP contribution in [0.3, 0.4) is 0 Å². The largest absolute Gasteiger partial charge is 0.416 e. The molecule has 0 radical (unpaired) electrons.